The molecule has 1 aliphatic heterocycles. The molecule has 0 aromatic heterocycles. The van der Waals surface area contributed by atoms with Crippen molar-refractivity contribution in [1.82, 2.24) is 9.62 Å². The SMILES string of the molecule is CC1C(=O)NCCN1S(=O)(=O)CCC(=O)O. The molecule has 16 heavy (non-hydrogen) atoms. The normalized spacial score (nSPS) is 22.8. The molecule has 7 nitrogen and oxygen atoms in total. The fraction of sp³-hybridized carbons (Fsp3) is 0.750. The zero-order chi connectivity index (χ0) is 12.3. The second kappa shape index (κ2) is 4.79. The van der Waals surface area contributed by atoms with Gasteiger partial charge in [-0.2, -0.15) is 4.31 Å². The van der Waals surface area contributed by atoms with Crippen molar-refractivity contribution in [3.05, 3.63) is 0 Å². The average molecular weight is 250 g/mol. The Morgan fingerprint density at radius 2 is 2.25 bits per heavy atom. The highest BCUT2D eigenvalue weighted by molar-refractivity contribution is 7.89. The molecule has 0 saturated carbocycles. The average Bonchev–Trinajstić information content (AvgIpc) is 2.19. The number of amides is 1. The molecule has 1 saturated heterocycles. The van der Waals surface area contributed by atoms with Gasteiger partial charge < -0.3 is 10.4 Å². The monoisotopic (exact) mass is 250 g/mol. The van der Waals surface area contributed by atoms with E-state index in [0.717, 1.165) is 4.31 Å². The Balaban J connectivity index is 2.74. The minimum atomic E-state index is -3.67. The predicted molar refractivity (Wildman–Crippen MR) is 55.2 cm³/mol. The summed E-state index contributed by atoms with van der Waals surface area (Å²) in [5.41, 5.74) is 0. The molecule has 0 aromatic carbocycles. The summed E-state index contributed by atoms with van der Waals surface area (Å²) in [6.07, 6.45) is -0.451. The maximum atomic E-state index is 11.7. The van der Waals surface area contributed by atoms with Crippen LogP contribution in [0.1, 0.15) is 13.3 Å². The summed E-state index contributed by atoms with van der Waals surface area (Å²) < 4.78 is 24.5. The number of nitrogens with one attached hydrogen (secondary N) is 1. The van der Waals surface area contributed by atoms with E-state index in [0.29, 0.717) is 0 Å². The number of carboxylic acid groups (broad SMARTS) is 1. The van der Waals surface area contributed by atoms with Crippen LogP contribution in [-0.4, -0.2) is 54.6 Å². The molecule has 0 aliphatic carbocycles. The Bertz CT molecular complexity index is 391. The molecular formula is C8H14N2O5S. The van der Waals surface area contributed by atoms with Gasteiger partial charge in [-0.25, -0.2) is 8.42 Å². The van der Waals surface area contributed by atoms with Gasteiger partial charge in [-0.1, -0.05) is 0 Å². The van der Waals surface area contributed by atoms with E-state index in [-0.39, 0.29) is 19.0 Å². The number of hydrogen-bond acceptors (Lipinski definition) is 4. The van der Waals surface area contributed by atoms with E-state index < -0.39 is 34.2 Å². The standard InChI is InChI=1S/C8H14N2O5S/c1-6-8(13)9-3-4-10(6)16(14,15)5-2-7(11)12/h6H,2-5H2,1H3,(H,9,13)(H,11,12). The number of carboxylic acids is 1. The maximum Gasteiger partial charge on any atom is 0.304 e. The lowest BCUT2D eigenvalue weighted by atomic mass is 10.2. The largest absolute Gasteiger partial charge is 0.481 e. The number of carbonyl (C=O) groups is 2. The molecule has 1 aliphatic rings. The minimum Gasteiger partial charge on any atom is -0.481 e. The third kappa shape index (κ3) is 2.92. The van der Waals surface area contributed by atoms with E-state index in [2.05, 4.69) is 5.32 Å². The topological polar surface area (TPSA) is 104 Å². The predicted octanol–water partition coefficient (Wildman–Crippen LogP) is -1.39. The van der Waals surface area contributed by atoms with Crippen molar-refractivity contribution in [2.75, 3.05) is 18.8 Å². The molecule has 1 unspecified atom stereocenters. The number of rotatable bonds is 4. The van der Waals surface area contributed by atoms with Crippen LogP contribution in [0, 0.1) is 0 Å². The fourth-order valence-corrected chi connectivity index (χ4v) is 3.09. The van der Waals surface area contributed by atoms with E-state index in [1.54, 1.807) is 0 Å². The van der Waals surface area contributed by atoms with Crippen LogP contribution in [0.4, 0.5) is 0 Å². The van der Waals surface area contributed by atoms with Gasteiger partial charge in [0.15, 0.2) is 0 Å². The molecule has 2 N–H and O–H groups in total. The molecule has 1 heterocycles. The second-order valence-corrected chi connectivity index (χ2v) is 5.58. The molecule has 1 rings (SSSR count). The van der Waals surface area contributed by atoms with Gasteiger partial charge in [0, 0.05) is 13.1 Å². The summed E-state index contributed by atoms with van der Waals surface area (Å²) in [5, 5.41) is 11.0. The first kappa shape index (κ1) is 12.9. The Labute approximate surface area is 93.5 Å². The lowest BCUT2D eigenvalue weighted by Crippen LogP contribution is -2.56. The summed E-state index contributed by atoms with van der Waals surface area (Å²) in [7, 11) is -3.67. The van der Waals surface area contributed by atoms with Gasteiger partial charge in [0.1, 0.15) is 6.04 Å². The highest BCUT2D eigenvalue weighted by atomic mass is 32.2. The van der Waals surface area contributed by atoms with Gasteiger partial charge in [-0.3, -0.25) is 9.59 Å². The number of nitrogens with zero attached hydrogens (tertiary/aromatic N) is 1. The van der Waals surface area contributed by atoms with Crippen LogP contribution < -0.4 is 5.32 Å². The van der Waals surface area contributed by atoms with E-state index in [4.69, 9.17) is 5.11 Å². The first-order valence-electron chi connectivity index (χ1n) is 4.83. The van der Waals surface area contributed by atoms with Crippen LogP contribution in [0.5, 0.6) is 0 Å². The molecular weight excluding hydrogens is 236 g/mol. The van der Waals surface area contributed by atoms with Gasteiger partial charge in [0.2, 0.25) is 15.9 Å². The van der Waals surface area contributed by atoms with Crippen LogP contribution in [0.2, 0.25) is 0 Å². The zero-order valence-electron chi connectivity index (χ0n) is 8.84. The van der Waals surface area contributed by atoms with E-state index >= 15 is 0 Å². The van der Waals surface area contributed by atoms with Crippen molar-refractivity contribution in [2.45, 2.75) is 19.4 Å². The molecule has 1 fully saturated rings. The summed E-state index contributed by atoms with van der Waals surface area (Å²) in [4.78, 5) is 21.6. The van der Waals surface area contributed by atoms with Crippen LogP contribution in [0.25, 0.3) is 0 Å². The smallest absolute Gasteiger partial charge is 0.304 e. The van der Waals surface area contributed by atoms with E-state index in [1.807, 2.05) is 0 Å². The highest BCUT2D eigenvalue weighted by Crippen LogP contribution is 2.11. The Morgan fingerprint density at radius 1 is 1.62 bits per heavy atom. The van der Waals surface area contributed by atoms with Crippen molar-refractivity contribution in [1.29, 1.82) is 0 Å². The lowest BCUT2D eigenvalue weighted by molar-refractivity contribution is -0.136. The molecule has 92 valence electrons. The maximum absolute atomic E-state index is 11.7. The lowest BCUT2D eigenvalue weighted by Gasteiger charge is -2.31. The van der Waals surface area contributed by atoms with E-state index in [9.17, 15) is 18.0 Å². The Hall–Kier alpha value is -1.15. The van der Waals surface area contributed by atoms with Crippen molar-refractivity contribution >= 4 is 21.9 Å². The Morgan fingerprint density at radius 3 is 2.81 bits per heavy atom. The molecule has 0 spiro atoms. The van der Waals surface area contributed by atoms with E-state index in [1.165, 1.54) is 6.92 Å². The van der Waals surface area contributed by atoms with Crippen molar-refractivity contribution in [3.63, 3.8) is 0 Å². The first-order valence-corrected chi connectivity index (χ1v) is 6.44. The number of piperazine rings is 1. The van der Waals surface area contributed by atoms with Gasteiger partial charge in [-0.05, 0) is 6.92 Å². The van der Waals surface area contributed by atoms with Gasteiger partial charge in [0.05, 0.1) is 12.2 Å². The zero-order valence-corrected chi connectivity index (χ0v) is 9.66. The molecule has 1 atom stereocenters. The first-order chi connectivity index (χ1) is 7.34. The van der Waals surface area contributed by atoms with Crippen LogP contribution in [0.15, 0.2) is 0 Å². The second-order valence-electron chi connectivity index (χ2n) is 3.54. The number of carbonyl (C=O) groups excluding carboxylic acids is 1. The molecule has 0 radical (unpaired) electrons. The van der Waals surface area contributed by atoms with Crippen molar-refractivity contribution in [2.24, 2.45) is 0 Å². The van der Waals surface area contributed by atoms with Crippen molar-refractivity contribution < 1.29 is 23.1 Å². The van der Waals surface area contributed by atoms with Crippen LogP contribution in [-0.2, 0) is 19.6 Å². The minimum absolute atomic E-state index is 0.189. The van der Waals surface area contributed by atoms with Gasteiger partial charge in [0.25, 0.3) is 0 Å². The summed E-state index contributed by atoms with van der Waals surface area (Å²) >= 11 is 0. The third-order valence-corrected chi connectivity index (χ3v) is 4.31. The molecule has 8 heteroatoms. The quantitative estimate of drug-likeness (QED) is 0.639. The van der Waals surface area contributed by atoms with Crippen molar-refractivity contribution in [3.8, 4) is 0 Å². The molecule has 1 amide bonds. The summed E-state index contributed by atoms with van der Waals surface area (Å²) in [5.74, 6) is -2.00. The summed E-state index contributed by atoms with van der Waals surface area (Å²) in [6.45, 7) is 1.93. The van der Waals surface area contributed by atoms with Crippen LogP contribution >= 0.6 is 0 Å². The Kier molecular flexibility index (Phi) is 3.87. The highest BCUT2D eigenvalue weighted by Gasteiger charge is 2.34. The third-order valence-electron chi connectivity index (χ3n) is 2.37. The molecule has 0 aromatic rings. The number of aliphatic carboxylic acids is 1. The van der Waals surface area contributed by atoms with Crippen LogP contribution in [0.3, 0.4) is 0 Å². The summed E-state index contributed by atoms with van der Waals surface area (Å²) in [6, 6.07) is -0.771. The van der Waals surface area contributed by atoms with Gasteiger partial charge in [-0.15, -0.1) is 0 Å². The number of sulfonamides is 1. The molecule has 0 bridgehead atoms. The van der Waals surface area contributed by atoms with Gasteiger partial charge >= 0.3 is 5.97 Å². The fourth-order valence-electron chi connectivity index (χ4n) is 1.47. The number of hydrogen-bond donors (Lipinski definition) is 2.